The molecule has 1 amide bonds. The molecule has 6 heteroatoms. The Bertz CT molecular complexity index is 935. The standard InChI is InChI=1S/C21H22FN3O2/c1-14-4-5-15(12-18(14)27-3)13-19(26)24-20(21-23-10-11-25(21)2)16-6-8-17(22)9-7-16/h4-12,20H,13H2,1-3H3,(H,24,26)/t20-/m0/s1. The molecule has 1 aromatic heterocycles. The number of carbonyl (C=O) groups excluding carboxylic acids is 1. The van der Waals surface area contributed by atoms with Crippen LogP contribution in [-0.4, -0.2) is 22.6 Å². The van der Waals surface area contributed by atoms with Crippen LogP contribution in [0.2, 0.25) is 0 Å². The number of nitrogens with one attached hydrogen (secondary N) is 1. The molecule has 0 bridgehead atoms. The monoisotopic (exact) mass is 367 g/mol. The Morgan fingerprint density at radius 1 is 1.26 bits per heavy atom. The van der Waals surface area contributed by atoms with E-state index in [4.69, 9.17) is 4.74 Å². The molecule has 0 aliphatic rings. The number of halogens is 1. The third-order valence-corrected chi connectivity index (χ3v) is 4.46. The molecular weight excluding hydrogens is 345 g/mol. The summed E-state index contributed by atoms with van der Waals surface area (Å²) in [5.41, 5.74) is 2.63. The zero-order valence-electron chi connectivity index (χ0n) is 15.6. The van der Waals surface area contributed by atoms with Crippen molar-refractivity contribution in [3.63, 3.8) is 0 Å². The van der Waals surface area contributed by atoms with Gasteiger partial charge in [-0.05, 0) is 41.8 Å². The van der Waals surface area contributed by atoms with Crippen LogP contribution in [0.5, 0.6) is 5.75 Å². The summed E-state index contributed by atoms with van der Waals surface area (Å²) in [6, 6.07) is 11.3. The van der Waals surface area contributed by atoms with Crippen molar-refractivity contribution < 1.29 is 13.9 Å². The van der Waals surface area contributed by atoms with Crippen molar-refractivity contribution in [1.29, 1.82) is 0 Å². The minimum atomic E-state index is -0.467. The van der Waals surface area contributed by atoms with Gasteiger partial charge in [0, 0.05) is 19.4 Å². The molecule has 27 heavy (non-hydrogen) atoms. The number of aryl methyl sites for hydroxylation is 2. The summed E-state index contributed by atoms with van der Waals surface area (Å²) in [7, 11) is 3.47. The van der Waals surface area contributed by atoms with Gasteiger partial charge in [0.15, 0.2) is 0 Å². The smallest absolute Gasteiger partial charge is 0.225 e. The van der Waals surface area contributed by atoms with E-state index >= 15 is 0 Å². The van der Waals surface area contributed by atoms with Crippen LogP contribution in [0.1, 0.15) is 28.6 Å². The van der Waals surface area contributed by atoms with E-state index in [1.807, 2.05) is 42.9 Å². The van der Waals surface area contributed by atoms with Gasteiger partial charge in [0.2, 0.25) is 5.91 Å². The zero-order chi connectivity index (χ0) is 19.4. The summed E-state index contributed by atoms with van der Waals surface area (Å²) >= 11 is 0. The molecule has 0 unspecified atom stereocenters. The summed E-state index contributed by atoms with van der Waals surface area (Å²) < 4.78 is 20.5. The predicted octanol–water partition coefficient (Wildman–Crippen LogP) is 3.32. The first kappa shape index (κ1) is 18.6. The van der Waals surface area contributed by atoms with Crippen LogP contribution in [0.25, 0.3) is 0 Å². The highest BCUT2D eigenvalue weighted by atomic mass is 19.1. The van der Waals surface area contributed by atoms with Crippen molar-refractivity contribution in [1.82, 2.24) is 14.9 Å². The maximum Gasteiger partial charge on any atom is 0.225 e. The molecule has 3 aromatic rings. The van der Waals surface area contributed by atoms with Crippen LogP contribution in [0.3, 0.4) is 0 Å². The van der Waals surface area contributed by atoms with Crippen LogP contribution < -0.4 is 10.1 Å². The van der Waals surface area contributed by atoms with Crippen molar-refractivity contribution in [3.05, 3.63) is 83.2 Å². The lowest BCUT2D eigenvalue weighted by atomic mass is 10.0. The topological polar surface area (TPSA) is 56.1 Å². The molecule has 0 fully saturated rings. The van der Waals surface area contributed by atoms with Crippen molar-refractivity contribution in [2.24, 2.45) is 7.05 Å². The van der Waals surface area contributed by atoms with E-state index in [2.05, 4.69) is 10.3 Å². The van der Waals surface area contributed by atoms with Crippen molar-refractivity contribution in [3.8, 4) is 5.75 Å². The number of imidazole rings is 1. The minimum absolute atomic E-state index is 0.154. The Morgan fingerprint density at radius 2 is 2.00 bits per heavy atom. The first-order chi connectivity index (χ1) is 13.0. The summed E-state index contributed by atoms with van der Waals surface area (Å²) in [6.07, 6.45) is 3.68. The zero-order valence-corrected chi connectivity index (χ0v) is 15.6. The highest BCUT2D eigenvalue weighted by molar-refractivity contribution is 5.79. The lowest BCUT2D eigenvalue weighted by Gasteiger charge is -2.19. The molecule has 0 saturated heterocycles. The van der Waals surface area contributed by atoms with Crippen LogP contribution in [0.15, 0.2) is 54.9 Å². The highest BCUT2D eigenvalue weighted by Crippen LogP contribution is 2.22. The van der Waals surface area contributed by atoms with Gasteiger partial charge in [0.25, 0.3) is 0 Å². The number of benzene rings is 2. The minimum Gasteiger partial charge on any atom is -0.496 e. The molecule has 3 rings (SSSR count). The molecular formula is C21H22FN3O2. The quantitative estimate of drug-likeness (QED) is 0.727. The van der Waals surface area contributed by atoms with Gasteiger partial charge in [-0.15, -0.1) is 0 Å². The number of ether oxygens (including phenoxy) is 1. The summed E-state index contributed by atoms with van der Waals surface area (Å²) in [5.74, 6) is 0.949. The third kappa shape index (κ3) is 4.34. The van der Waals surface area contributed by atoms with Gasteiger partial charge in [-0.25, -0.2) is 9.37 Å². The van der Waals surface area contributed by atoms with Gasteiger partial charge >= 0.3 is 0 Å². The molecule has 1 atom stereocenters. The van der Waals surface area contributed by atoms with Crippen molar-refractivity contribution in [2.45, 2.75) is 19.4 Å². The van der Waals surface area contributed by atoms with E-state index in [0.29, 0.717) is 5.82 Å². The average Bonchev–Trinajstić information content (AvgIpc) is 3.08. The Labute approximate surface area is 157 Å². The number of hydrogen-bond donors (Lipinski definition) is 1. The van der Waals surface area contributed by atoms with E-state index in [0.717, 1.165) is 22.4 Å². The Hall–Kier alpha value is -3.15. The lowest BCUT2D eigenvalue weighted by Crippen LogP contribution is -2.32. The van der Waals surface area contributed by atoms with Crippen LogP contribution >= 0.6 is 0 Å². The second-order valence-corrected chi connectivity index (χ2v) is 6.43. The summed E-state index contributed by atoms with van der Waals surface area (Å²) in [6.45, 7) is 1.95. The fraction of sp³-hybridized carbons (Fsp3) is 0.238. The highest BCUT2D eigenvalue weighted by Gasteiger charge is 2.21. The Kier molecular flexibility index (Phi) is 5.54. The second-order valence-electron chi connectivity index (χ2n) is 6.43. The molecule has 140 valence electrons. The number of aromatic nitrogens is 2. The molecule has 0 saturated carbocycles. The van der Waals surface area contributed by atoms with Crippen LogP contribution in [0, 0.1) is 12.7 Å². The van der Waals surface area contributed by atoms with E-state index in [9.17, 15) is 9.18 Å². The van der Waals surface area contributed by atoms with Crippen LogP contribution in [-0.2, 0) is 18.3 Å². The molecule has 0 aliphatic heterocycles. The van der Waals surface area contributed by atoms with E-state index in [-0.39, 0.29) is 18.1 Å². The number of nitrogens with zero attached hydrogens (tertiary/aromatic N) is 2. The van der Waals surface area contributed by atoms with Gasteiger partial charge in [-0.2, -0.15) is 0 Å². The number of amides is 1. The molecule has 0 spiro atoms. The molecule has 1 heterocycles. The molecule has 2 aromatic carbocycles. The maximum atomic E-state index is 13.3. The fourth-order valence-corrected chi connectivity index (χ4v) is 2.98. The third-order valence-electron chi connectivity index (χ3n) is 4.46. The first-order valence-corrected chi connectivity index (χ1v) is 8.63. The lowest BCUT2D eigenvalue weighted by molar-refractivity contribution is -0.121. The summed E-state index contributed by atoms with van der Waals surface area (Å²) in [4.78, 5) is 17.0. The largest absolute Gasteiger partial charge is 0.496 e. The molecule has 5 nitrogen and oxygen atoms in total. The number of rotatable bonds is 6. The van der Waals surface area contributed by atoms with E-state index in [1.165, 1.54) is 12.1 Å². The SMILES string of the molecule is COc1cc(CC(=O)N[C@@H](c2ccc(F)cc2)c2nccn2C)ccc1C. The normalized spacial score (nSPS) is 11.9. The number of methoxy groups -OCH3 is 1. The van der Waals surface area contributed by atoms with Crippen molar-refractivity contribution >= 4 is 5.91 Å². The van der Waals surface area contributed by atoms with Gasteiger partial charge in [0.05, 0.1) is 13.5 Å². The molecule has 0 aliphatic carbocycles. The van der Waals surface area contributed by atoms with Gasteiger partial charge in [-0.3, -0.25) is 4.79 Å². The Balaban J connectivity index is 1.82. The van der Waals surface area contributed by atoms with Crippen LogP contribution in [0.4, 0.5) is 4.39 Å². The first-order valence-electron chi connectivity index (χ1n) is 8.63. The summed E-state index contributed by atoms with van der Waals surface area (Å²) in [5, 5.41) is 3.01. The maximum absolute atomic E-state index is 13.3. The fourth-order valence-electron chi connectivity index (χ4n) is 2.98. The molecule has 1 N–H and O–H groups in total. The van der Waals surface area contributed by atoms with Crippen molar-refractivity contribution in [2.75, 3.05) is 7.11 Å². The van der Waals surface area contributed by atoms with E-state index < -0.39 is 6.04 Å². The second kappa shape index (κ2) is 8.03. The van der Waals surface area contributed by atoms with Gasteiger partial charge in [0.1, 0.15) is 23.4 Å². The van der Waals surface area contributed by atoms with Gasteiger partial charge < -0.3 is 14.6 Å². The van der Waals surface area contributed by atoms with E-state index in [1.54, 1.807) is 25.4 Å². The average molecular weight is 367 g/mol. The predicted molar refractivity (Wildman–Crippen MR) is 101 cm³/mol. The number of hydrogen-bond acceptors (Lipinski definition) is 3. The molecule has 0 radical (unpaired) electrons. The number of carbonyl (C=O) groups is 1. The Morgan fingerprint density at radius 3 is 2.63 bits per heavy atom. The van der Waals surface area contributed by atoms with Gasteiger partial charge in [-0.1, -0.05) is 24.3 Å².